The number of ether oxygens (including phenoxy) is 1. The number of nitrogens with two attached hydrogens (primary N) is 1. The van der Waals surface area contributed by atoms with Gasteiger partial charge in [-0.05, 0) is 29.3 Å². The largest absolute Gasteiger partial charge is 0.481 e. The molecule has 3 aromatic heterocycles. The minimum Gasteiger partial charge on any atom is -0.481 e. The zero-order chi connectivity index (χ0) is 17.1. The van der Waals surface area contributed by atoms with E-state index in [1.54, 1.807) is 37.7 Å². The SMILES string of the molecule is COc1ccc(-c2ccn3c(=O)n(C/C(=C/F)CN)nc3c2)cn1.Cl. The van der Waals surface area contributed by atoms with Crippen LogP contribution in [0.2, 0.25) is 0 Å². The van der Waals surface area contributed by atoms with E-state index < -0.39 is 0 Å². The van der Waals surface area contributed by atoms with Crippen molar-refractivity contribution in [2.24, 2.45) is 5.73 Å². The highest BCUT2D eigenvalue weighted by Crippen LogP contribution is 2.20. The molecule has 2 N–H and O–H groups in total. The fourth-order valence-corrected chi connectivity index (χ4v) is 2.31. The number of halogens is 2. The van der Waals surface area contributed by atoms with Crippen molar-refractivity contribution in [3.63, 3.8) is 0 Å². The summed E-state index contributed by atoms with van der Waals surface area (Å²) in [7, 11) is 1.55. The predicted molar refractivity (Wildman–Crippen MR) is 94.7 cm³/mol. The van der Waals surface area contributed by atoms with Crippen LogP contribution in [0.5, 0.6) is 5.88 Å². The second kappa shape index (κ2) is 7.91. The summed E-state index contributed by atoms with van der Waals surface area (Å²) in [5, 5.41) is 4.23. The topological polar surface area (TPSA) is 87.4 Å². The zero-order valence-corrected chi connectivity index (χ0v) is 14.2. The van der Waals surface area contributed by atoms with Crippen molar-refractivity contribution in [1.82, 2.24) is 19.2 Å². The third-order valence-electron chi connectivity index (χ3n) is 3.63. The highest BCUT2D eigenvalue weighted by molar-refractivity contribution is 5.85. The Morgan fingerprint density at radius 2 is 2.16 bits per heavy atom. The van der Waals surface area contributed by atoms with Crippen LogP contribution in [0, 0.1) is 0 Å². The summed E-state index contributed by atoms with van der Waals surface area (Å²) in [6.45, 7) is 0.0481. The minimum absolute atomic E-state index is 0. The molecule has 25 heavy (non-hydrogen) atoms. The summed E-state index contributed by atoms with van der Waals surface area (Å²) < 4.78 is 20.3. The minimum atomic E-state index is -0.350. The van der Waals surface area contributed by atoms with Gasteiger partial charge in [-0.3, -0.25) is 4.40 Å². The first-order chi connectivity index (χ1) is 11.7. The molecule has 0 atom stereocenters. The predicted octanol–water partition coefficient (Wildman–Crippen LogP) is 1.80. The molecule has 0 radical (unpaired) electrons. The second-order valence-electron chi connectivity index (χ2n) is 5.14. The maximum Gasteiger partial charge on any atom is 0.350 e. The van der Waals surface area contributed by atoms with Crippen molar-refractivity contribution in [1.29, 1.82) is 0 Å². The molecule has 0 amide bonds. The Labute approximate surface area is 149 Å². The smallest absolute Gasteiger partial charge is 0.350 e. The van der Waals surface area contributed by atoms with Gasteiger partial charge in [0.05, 0.1) is 20.0 Å². The van der Waals surface area contributed by atoms with Crippen LogP contribution in [0.15, 0.2) is 53.4 Å². The second-order valence-corrected chi connectivity index (χ2v) is 5.14. The van der Waals surface area contributed by atoms with Gasteiger partial charge in [0.15, 0.2) is 5.65 Å². The van der Waals surface area contributed by atoms with E-state index in [1.807, 2.05) is 6.07 Å². The first-order valence-electron chi connectivity index (χ1n) is 7.24. The normalized spacial score (nSPS) is 11.4. The third-order valence-corrected chi connectivity index (χ3v) is 3.63. The Kier molecular flexibility index (Phi) is 5.89. The Hall–Kier alpha value is -2.71. The number of nitrogens with zero attached hydrogens (tertiary/aromatic N) is 4. The van der Waals surface area contributed by atoms with Gasteiger partial charge in [-0.25, -0.2) is 18.9 Å². The molecule has 0 aliphatic rings. The molecule has 0 unspecified atom stereocenters. The van der Waals surface area contributed by atoms with E-state index in [9.17, 15) is 9.18 Å². The summed E-state index contributed by atoms with van der Waals surface area (Å²) >= 11 is 0. The third kappa shape index (κ3) is 3.70. The molecule has 0 fully saturated rings. The first-order valence-corrected chi connectivity index (χ1v) is 7.24. The average molecular weight is 366 g/mol. The van der Waals surface area contributed by atoms with Gasteiger partial charge in [0.25, 0.3) is 0 Å². The van der Waals surface area contributed by atoms with Crippen LogP contribution in [0.1, 0.15) is 0 Å². The van der Waals surface area contributed by atoms with Gasteiger partial charge in [-0.2, -0.15) is 0 Å². The number of fused-ring (bicyclic) bond motifs is 1. The van der Waals surface area contributed by atoms with E-state index in [-0.39, 0.29) is 31.2 Å². The van der Waals surface area contributed by atoms with E-state index in [2.05, 4.69) is 10.1 Å². The summed E-state index contributed by atoms with van der Waals surface area (Å²) in [4.78, 5) is 16.4. The molecule has 0 saturated heterocycles. The average Bonchev–Trinajstić information content (AvgIpc) is 2.94. The summed E-state index contributed by atoms with van der Waals surface area (Å²) in [5.74, 6) is 0.521. The summed E-state index contributed by atoms with van der Waals surface area (Å²) in [6, 6.07) is 7.18. The molecule has 3 aromatic rings. The lowest BCUT2D eigenvalue weighted by Crippen LogP contribution is -2.23. The van der Waals surface area contributed by atoms with Crippen molar-refractivity contribution >= 4 is 18.1 Å². The van der Waals surface area contributed by atoms with Crippen LogP contribution in [0.4, 0.5) is 4.39 Å². The van der Waals surface area contributed by atoms with Crippen molar-refractivity contribution < 1.29 is 9.13 Å². The lowest BCUT2D eigenvalue weighted by Gasteiger charge is -2.02. The van der Waals surface area contributed by atoms with Gasteiger partial charge in [0.2, 0.25) is 5.88 Å². The van der Waals surface area contributed by atoms with Crippen LogP contribution in [0.25, 0.3) is 16.8 Å². The Morgan fingerprint density at radius 1 is 1.36 bits per heavy atom. The molecule has 132 valence electrons. The van der Waals surface area contributed by atoms with E-state index in [4.69, 9.17) is 10.5 Å². The maximum atomic E-state index is 12.7. The van der Waals surface area contributed by atoms with Crippen molar-refractivity contribution in [3.8, 4) is 17.0 Å². The number of rotatable bonds is 5. The molecule has 0 saturated carbocycles. The fourth-order valence-electron chi connectivity index (χ4n) is 2.31. The van der Waals surface area contributed by atoms with E-state index >= 15 is 0 Å². The molecular weight excluding hydrogens is 349 g/mol. The molecule has 0 bridgehead atoms. The molecule has 3 rings (SSSR count). The Morgan fingerprint density at radius 3 is 2.76 bits per heavy atom. The van der Waals surface area contributed by atoms with Crippen molar-refractivity contribution in [2.75, 3.05) is 13.7 Å². The van der Waals surface area contributed by atoms with Gasteiger partial charge in [0.1, 0.15) is 0 Å². The van der Waals surface area contributed by atoms with Crippen LogP contribution in [0.3, 0.4) is 0 Å². The summed E-state index contributed by atoms with van der Waals surface area (Å²) in [5.41, 5.74) is 7.55. The van der Waals surface area contributed by atoms with E-state index in [0.717, 1.165) is 11.1 Å². The Bertz CT molecular complexity index is 949. The molecule has 7 nitrogen and oxygen atoms in total. The Balaban J connectivity index is 0.00000225. The zero-order valence-electron chi connectivity index (χ0n) is 13.4. The highest BCUT2D eigenvalue weighted by atomic mass is 35.5. The van der Waals surface area contributed by atoms with E-state index in [1.165, 1.54) is 9.08 Å². The maximum absolute atomic E-state index is 12.7. The number of hydrogen-bond donors (Lipinski definition) is 1. The van der Waals surface area contributed by atoms with E-state index in [0.29, 0.717) is 23.4 Å². The van der Waals surface area contributed by atoms with Gasteiger partial charge >= 0.3 is 5.69 Å². The van der Waals surface area contributed by atoms with Crippen molar-refractivity contribution in [3.05, 3.63) is 59.0 Å². The molecule has 0 aromatic carbocycles. The number of aromatic nitrogens is 4. The van der Waals surface area contributed by atoms with Crippen LogP contribution >= 0.6 is 12.4 Å². The monoisotopic (exact) mass is 365 g/mol. The van der Waals surface area contributed by atoms with Crippen LogP contribution in [-0.4, -0.2) is 32.8 Å². The molecule has 0 aliphatic heterocycles. The molecule has 3 heterocycles. The standard InChI is InChI=1S/C16H16FN5O2.ClH/c1-24-15-3-2-13(9-19-15)12-4-5-21-14(6-12)20-22(16(21)23)10-11(7-17)8-18;/h2-7,9H,8,10,18H2,1H3;1H/b11-7+;. The van der Waals surface area contributed by atoms with Crippen molar-refractivity contribution in [2.45, 2.75) is 6.54 Å². The van der Waals surface area contributed by atoms with Gasteiger partial charge in [0, 0.05) is 30.6 Å². The lowest BCUT2D eigenvalue weighted by atomic mass is 10.1. The quantitative estimate of drug-likeness (QED) is 0.745. The molecular formula is C16H17ClFN5O2. The van der Waals surface area contributed by atoms with Crippen LogP contribution < -0.4 is 16.2 Å². The van der Waals surface area contributed by atoms with Gasteiger partial charge in [-0.15, -0.1) is 17.5 Å². The number of pyridine rings is 2. The first kappa shape index (κ1) is 18.6. The fraction of sp³-hybridized carbons (Fsp3) is 0.188. The lowest BCUT2D eigenvalue weighted by molar-refractivity contribution is 0.398. The molecule has 0 aliphatic carbocycles. The van der Waals surface area contributed by atoms with Gasteiger partial charge in [-0.1, -0.05) is 0 Å². The molecule has 9 heteroatoms. The molecule has 0 spiro atoms. The van der Waals surface area contributed by atoms with Gasteiger partial charge < -0.3 is 10.5 Å². The number of hydrogen-bond acceptors (Lipinski definition) is 5. The number of methoxy groups -OCH3 is 1. The van der Waals surface area contributed by atoms with Crippen LogP contribution in [-0.2, 0) is 6.54 Å². The highest BCUT2D eigenvalue weighted by Gasteiger charge is 2.10. The summed E-state index contributed by atoms with van der Waals surface area (Å²) in [6.07, 6.45) is 3.71.